The second-order valence-corrected chi connectivity index (χ2v) is 5.51. The van der Waals surface area contributed by atoms with E-state index in [-0.39, 0.29) is 17.2 Å². The fraction of sp³-hybridized carbons (Fsp3) is 0.0667. The van der Waals surface area contributed by atoms with Crippen LogP contribution < -0.4 is 21.5 Å². The van der Waals surface area contributed by atoms with E-state index >= 15 is 0 Å². The summed E-state index contributed by atoms with van der Waals surface area (Å²) in [6.45, 7) is 0.487. The maximum absolute atomic E-state index is 12.8. The van der Waals surface area contributed by atoms with Crippen LogP contribution in [-0.2, 0) is 6.54 Å². The zero-order valence-corrected chi connectivity index (χ0v) is 11.7. The van der Waals surface area contributed by atoms with Gasteiger partial charge >= 0.3 is 0 Å². The molecule has 2 aromatic carbocycles. The lowest BCUT2D eigenvalue weighted by Gasteiger charge is -2.14. The summed E-state index contributed by atoms with van der Waals surface area (Å²) in [6, 6.07) is 9.45. The number of benzene rings is 1. The van der Waals surface area contributed by atoms with Gasteiger partial charge in [-0.3, -0.25) is 9.59 Å². The summed E-state index contributed by atoms with van der Waals surface area (Å²) in [5.74, 6) is -0.360. The van der Waals surface area contributed by atoms with Crippen LogP contribution in [0.2, 0.25) is 0 Å². The molecule has 0 amide bonds. The van der Waals surface area contributed by atoms with Gasteiger partial charge in [0.15, 0.2) is 0 Å². The lowest BCUT2D eigenvalue weighted by atomic mass is 10.1. The van der Waals surface area contributed by atoms with Crippen molar-refractivity contribution in [2.45, 2.75) is 6.54 Å². The number of thiophene rings is 1. The fourth-order valence-corrected chi connectivity index (χ4v) is 2.59. The van der Waals surface area contributed by atoms with Crippen LogP contribution in [0.3, 0.4) is 0 Å². The second kappa shape index (κ2) is 5.49. The molecular formula is C15H11FN2O2S. The Hall–Kier alpha value is -2.47. The first-order chi connectivity index (χ1) is 10.1. The van der Waals surface area contributed by atoms with Crippen LogP contribution in [0.1, 0.15) is 4.88 Å². The smallest absolute Gasteiger partial charge is 0.253 e. The van der Waals surface area contributed by atoms with Gasteiger partial charge in [-0.25, -0.2) is 4.39 Å². The first-order valence-electron chi connectivity index (χ1n) is 6.27. The van der Waals surface area contributed by atoms with E-state index in [1.54, 1.807) is 11.3 Å². The fourth-order valence-electron chi connectivity index (χ4n) is 1.95. The first kappa shape index (κ1) is 13.5. The summed E-state index contributed by atoms with van der Waals surface area (Å²) >= 11 is 1.56. The molecule has 0 saturated heterocycles. The van der Waals surface area contributed by atoms with Gasteiger partial charge in [-0.2, -0.15) is 0 Å². The Balaban J connectivity index is 1.76. The molecule has 0 unspecified atom stereocenters. The van der Waals surface area contributed by atoms with Crippen LogP contribution in [0.5, 0.6) is 0 Å². The molecule has 0 bridgehead atoms. The van der Waals surface area contributed by atoms with Crippen LogP contribution in [0, 0.1) is 5.82 Å². The maximum atomic E-state index is 12.8. The summed E-state index contributed by atoms with van der Waals surface area (Å²) in [6.07, 6.45) is 0. The number of halogens is 1. The molecule has 0 saturated carbocycles. The highest BCUT2D eigenvalue weighted by Crippen LogP contribution is 2.22. The van der Waals surface area contributed by atoms with Crippen molar-refractivity contribution in [3.8, 4) is 0 Å². The molecule has 3 aromatic rings. The van der Waals surface area contributed by atoms with E-state index in [9.17, 15) is 14.0 Å². The average Bonchev–Trinajstić information content (AvgIpc) is 3.01. The molecule has 0 aliphatic rings. The number of nitrogens with one attached hydrogen (secondary N) is 2. The molecular weight excluding hydrogens is 291 g/mol. The van der Waals surface area contributed by atoms with Crippen LogP contribution in [-0.4, -0.2) is 0 Å². The van der Waals surface area contributed by atoms with Gasteiger partial charge in [0, 0.05) is 17.1 Å². The Morgan fingerprint density at radius 1 is 1.00 bits per heavy atom. The summed E-state index contributed by atoms with van der Waals surface area (Å²) in [5, 5.41) is 7.76. The minimum atomic E-state index is -0.562. The van der Waals surface area contributed by atoms with E-state index in [0.717, 1.165) is 4.88 Å². The van der Waals surface area contributed by atoms with Gasteiger partial charge < -0.3 is 10.6 Å². The number of anilines is 3. The van der Waals surface area contributed by atoms with Crippen molar-refractivity contribution in [2.24, 2.45) is 0 Å². The van der Waals surface area contributed by atoms with E-state index in [0.29, 0.717) is 12.2 Å². The Morgan fingerprint density at radius 3 is 2.38 bits per heavy atom. The van der Waals surface area contributed by atoms with Crippen molar-refractivity contribution in [1.82, 2.24) is 0 Å². The normalized spacial score (nSPS) is 10.7. The predicted molar refractivity (Wildman–Crippen MR) is 82.7 cm³/mol. The minimum absolute atomic E-state index is 0.225. The molecule has 1 aromatic heterocycles. The van der Waals surface area contributed by atoms with E-state index in [1.165, 1.54) is 24.3 Å². The topological polar surface area (TPSA) is 58.2 Å². The van der Waals surface area contributed by atoms with E-state index in [2.05, 4.69) is 10.6 Å². The molecule has 0 radical (unpaired) electrons. The van der Waals surface area contributed by atoms with E-state index in [4.69, 9.17) is 0 Å². The highest BCUT2D eigenvalue weighted by atomic mass is 32.1. The van der Waals surface area contributed by atoms with Gasteiger partial charge in [-0.1, -0.05) is 6.07 Å². The highest BCUT2D eigenvalue weighted by Gasteiger charge is 2.20. The first-order valence-corrected chi connectivity index (χ1v) is 7.15. The molecule has 6 heteroatoms. The lowest BCUT2D eigenvalue weighted by molar-refractivity contribution is 0.628. The van der Waals surface area contributed by atoms with Crippen LogP contribution >= 0.6 is 11.3 Å². The van der Waals surface area contributed by atoms with Gasteiger partial charge in [0.2, 0.25) is 0 Å². The second-order valence-electron chi connectivity index (χ2n) is 4.47. The van der Waals surface area contributed by atoms with Crippen molar-refractivity contribution in [3.63, 3.8) is 0 Å². The van der Waals surface area contributed by atoms with Gasteiger partial charge in [0.1, 0.15) is 17.2 Å². The van der Waals surface area contributed by atoms with Crippen LogP contribution in [0.15, 0.2) is 51.4 Å². The molecule has 0 aliphatic heterocycles. The average molecular weight is 302 g/mol. The molecule has 106 valence electrons. The lowest BCUT2D eigenvalue weighted by Crippen LogP contribution is -2.36. The quantitative estimate of drug-likeness (QED) is 0.712. The van der Waals surface area contributed by atoms with Crippen molar-refractivity contribution >= 4 is 28.4 Å². The standard InChI is InChI=1S/C15H11FN2O2S/c16-9-3-5-10(6-4-9)18-13-12(14(19)15(13)20)17-8-11-2-1-7-21-11/h1-7,17-18H,8H2. The molecule has 4 nitrogen and oxygen atoms in total. The minimum Gasteiger partial charge on any atom is -0.375 e. The van der Waals surface area contributed by atoms with Crippen LogP contribution in [0.25, 0.3) is 0 Å². The third-order valence-electron chi connectivity index (χ3n) is 3.04. The van der Waals surface area contributed by atoms with Gasteiger partial charge in [-0.05, 0) is 35.7 Å². The zero-order valence-electron chi connectivity index (χ0n) is 10.9. The zero-order chi connectivity index (χ0) is 14.8. The van der Waals surface area contributed by atoms with Crippen LogP contribution in [0.4, 0.5) is 21.5 Å². The molecule has 1 heterocycles. The summed E-state index contributed by atoms with van der Waals surface area (Å²) in [5.41, 5.74) is -0.0345. The maximum Gasteiger partial charge on any atom is 0.253 e. The van der Waals surface area contributed by atoms with Crippen molar-refractivity contribution in [3.05, 3.63) is 72.9 Å². The Kier molecular flexibility index (Phi) is 3.53. The Bertz CT molecular complexity index is 819. The van der Waals surface area contributed by atoms with Gasteiger partial charge in [0.25, 0.3) is 10.9 Å². The third-order valence-corrected chi connectivity index (χ3v) is 3.92. The Morgan fingerprint density at radius 2 is 1.71 bits per heavy atom. The molecule has 21 heavy (non-hydrogen) atoms. The highest BCUT2D eigenvalue weighted by molar-refractivity contribution is 7.09. The predicted octanol–water partition coefficient (Wildman–Crippen LogP) is 2.84. The van der Waals surface area contributed by atoms with E-state index < -0.39 is 10.9 Å². The third kappa shape index (κ3) is 2.71. The molecule has 0 spiro atoms. The van der Waals surface area contributed by atoms with Gasteiger partial charge in [-0.15, -0.1) is 11.3 Å². The monoisotopic (exact) mass is 302 g/mol. The summed E-state index contributed by atoms with van der Waals surface area (Å²) in [4.78, 5) is 24.3. The molecule has 0 atom stereocenters. The molecule has 3 rings (SSSR count). The largest absolute Gasteiger partial charge is 0.375 e. The number of rotatable bonds is 5. The number of hydrogen-bond donors (Lipinski definition) is 2. The molecule has 2 N–H and O–H groups in total. The summed E-state index contributed by atoms with van der Waals surface area (Å²) in [7, 11) is 0. The van der Waals surface area contributed by atoms with Crippen molar-refractivity contribution in [1.29, 1.82) is 0 Å². The molecule has 0 fully saturated rings. The molecule has 0 aliphatic carbocycles. The SMILES string of the molecule is O=c1c(NCc2cccs2)c(Nc2ccc(F)cc2)c1=O. The van der Waals surface area contributed by atoms with E-state index in [1.807, 2.05) is 17.5 Å². The van der Waals surface area contributed by atoms with Gasteiger partial charge in [0.05, 0.1) is 0 Å². The summed E-state index contributed by atoms with van der Waals surface area (Å²) < 4.78 is 12.8. The van der Waals surface area contributed by atoms with Crippen molar-refractivity contribution in [2.75, 3.05) is 10.6 Å². The Labute approximate surface area is 123 Å². The number of hydrogen-bond acceptors (Lipinski definition) is 5. The van der Waals surface area contributed by atoms with Crippen molar-refractivity contribution < 1.29 is 4.39 Å².